The van der Waals surface area contributed by atoms with Crippen molar-refractivity contribution in [3.63, 3.8) is 0 Å². The maximum atomic E-state index is 4.10. The summed E-state index contributed by atoms with van der Waals surface area (Å²) in [4.78, 5) is 12.3. The van der Waals surface area contributed by atoms with Crippen LogP contribution in [0.4, 0.5) is 0 Å². The van der Waals surface area contributed by atoms with Crippen molar-refractivity contribution in [1.29, 1.82) is 0 Å². The molecular formula is C15H48N4Si6. The van der Waals surface area contributed by atoms with Crippen LogP contribution in [-0.2, 0) is 0 Å². The molecule has 0 rings (SSSR count). The van der Waals surface area contributed by atoms with Gasteiger partial charge in [0, 0.05) is 30.7 Å². The molecule has 0 aromatic carbocycles. The normalized spacial score (nSPS) is 15.8. The Morgan fingerprint density at radius 3 is 1.08 bits per heavy atom. The number of hydrogen-bond donors (Lipinski definition) is 3. The molecule has 0 bridgehead atoms. The predicted molar refractivity (Wildman–Crippen MR) is 136 cm³/mol. The molecule has 3 unspecified atom stereocenters. The Balaban J connectivity index is 5.11. The molecule has 0 amide bonds. The van der Waals surface area contributed by atoms with Crippen molar-refractivity contribution >= 4 is 58.1 Å². The maximum Gasteiger partial charge on any atom is 0.172 e. The van der Waals surface area contributed by atoms with Crippen LogP contribution >= 0.6 is 0 Å². The lowest BCUT2D eigenvalue weighted by Gasteiger charge is -2.42. The molecule has 0 aliphatic heterocycles. The summed E-state index contributed by atoms with van der Waals surface area (Å²) in [5.41, 5.74) is 4.56. The average Bonchev–Trinajstić information content (AvgIpc) is 2.64. The van der Waals surface area contributed by atoms with E-state index in [-0.39, 0.29) is 0 Å². The summed E-state index contributed by atoms with van der Waals surface area (Å²) < 4.78 is 3.22. The first-order valence-electron chi connectivity index (χ1n) is 11.2. The molecule has 0 aromatic heterocycles. The summed E-state index contributed by atoms with van der Waals surface area (Å²) in [6.45, 7) is 10.8. The van der Waals surface area contributed by atoms with Crippen molar-refractivity contribution in [3.05, 3.63) is 0 Å². The number of hydrogen-bond acceptors (Lipinski definition) is 4. The first kappa shape index (κ1) is 26.1. The van der Waals surface area contributed by atoms with Gasteiger partial charge in [0.25, 0.3) is 0 Å². The van der Waals surface area contributed by atoms with E-state index in [1.807, 2.05) is 0 Å². The second-order valence-electron chi connectivity index (χ2n) is 7.14. The quantitative estimate of drug-likeness (QED) is 0.168. The van der Waals surface area contributed by atoms with Gasteiger partial charge in [-0.05, 0) is 55.9 Å². The molecule has 0 heterocycles. The van der Waals surface area contributed by atoms with Gasteiger partial charge in [0.05, 0.1) is 0 Å². The smallest absolute Gasteiger partial charge is 0.172 e. The zero-order valence-corrected chi connectivity index (χ0v) is 27.6. The Bertz CT molecular complexity index is 248. The predicted octanol–water partition coefficient (Wildman–Crippen LogP) is -1.91. The lowest BCUT2D eigenvalue weighted by molar-refractivity contribution is 0.699. The number of nitrogens with zero attached hydrogens (tertiary/aromatic N) is 1. The zero-order chi connectivity index (χ0) is 18.9. The Labute approximate surface area is 172 Å². The second-order valence-corrected chi connectivity index (χ2v) is 24.8. The van der Waals surface area contributed by atoms with Gasteiger partial charge < -0.3 is 18.8 Å². The molecule has 0 saturated carbocycles. The summed E-state index contributed by atoms with van der Waals surface area (Å²) in [6, 6.07) is 0. The van der Waals surface area contributed by atoms with Crippen LogP contribution in [0.5, 0.6) is 0 Å². The van der Waals surface area contributed by atoms with Crippen LogP contribution in [0.15, 0.2) is 0 Å². The van der Waals surface area contributed by atoms with Crippen molar-refractivity contribution in [2.75, 3.05) is 19.6 Å². The number of rotatable bonds is 18. The standard InChI is InChI=1S/C15H48N4Si6/c1-4-7-10-16-23(13-20)19(24(14-21)17-11-8-5-2)25(15-22)18-12-9-6-3/h16-18,23-25H,4-15H2,1-3,20-22H3. The molecule has 0 radical (unpaired) electrons. The minimum Gasteiger partial charge on any atom is -0.340 e. The van der Waals surface area contributed by atoms with E-state index in [0.29, 0.717) is 0 Å². The highest BCUT2D eigenvalue weighted by molar-refractivity contribution is 6.88. The first-order chi connectivity index (χ1) is 12.2. The van der Waals surface area contributed by atoms with Crippen LogP contribution < -0.4 is 14.9 Å². The second kappa shape index (κ2) is 18.5. The van der Waals surface area contributed by atoms with E-state index in [9.17, 15) is 0 Å². The van der Waals surface area contributed by atoms with E-state index < -0.39 is 27.4 Å². The number of nitrogens with one attached hydrogen (secondary N) is 3. The van der Waals surface area contributed by atoms with Crippen LogP contribution in [0.2, 0.25) is 17.0 Å². The van der Waals surface area contributed by atoms with Crippen molar-refractivity contribution in [2.45, 2.75) is 76.3 Å². The molecule has 0 aromatic rings. The van der Waals surface area contributed by atoms with Gasteiger partial charge in [-0.2, -0.15) is 0 Å². The van der Waals surface area contributed by atoms with E-state index in [1.165, 1.54) is 106 Å². The van der Waals surface area contributed by atoms with Crippen LogP contribution in [0.3, 0.4) is 0 Å². The SMILES string of the molecule is CCCCN[SiH](C[SiH3])N([SiH](C[SiH3])NCCCC)[SiH](C[SiH3])NCCCC. The fourth-order valence-electron chi connectivity index (χ4n) is 3.37. The zero-order valence-electron chi connectivity index (χ0n) is 18.2. The molecule has 3 N–H and O–H groups in total. The van der Waals surface area contributed by atoms with Gasteiger partial charge in [0.1, 0.15) is 0 Å². The number of unbranched alkanes of at least 4 members (excludes halogenated alkanes) is 3. The Kier molecular flexibility index (Phi) is 19.3. The van der Waals surface area contributed by atoms with Crippen molar-refractivity contribution in [3.8, 4) is 0 Å². The molecule has 0 fully saturated rings. The van der Waals surface area contributed by atoms with E-state index in [2.05, 4.69) is 39.6 Å². The third kappa shape index (κ3) is 11.6. The Morgan fingerprint density at radius 1 is 0.600 bits per heavy atom. The highest BCUT2D eigenvalue weighted by atomic mass is 28.4. The molecule has 4 nitrogen and oxygen atoms in total. The monoisotopic (exact) mass is 452 g/mol. The fraction of sp³-hybridized carbons (Fsp3) is 1.00. The molecule has 0 saturated heterocycles. The van der Waals surface area contributed by atoms with Gasteiger partial charge in [0.2, 0.25) is 0 Å². The fourth-order valence-corrected chi connectivity index (χ4v) is 32.6. The molecular weight excluding hydrogens is 405 g/mol. The van der Waals surface area contributed by atoms with Gasteiger partial charge in [-0.15, -0.1) is 0 Å². The van der Waals surface area contributed by atoms with Gasteiger partial charge in [0.15, 0.2) is 27.4 Å². The molecule has 0 aliphatic rings. The minimum atomic E-state index is -0.926. The maximum absolute atomic E-state index is 4.10. The summed E-state index contributed by atoms with van der Waals surface area (Å²) in [5, 5.41) is 0. The van der Waals surface area contributed by atoms with Gasteiger partial charge in [-0.25, -0.2) is 0 Å². The van der Waals surface area contributed by atoms with Gasteiger partial charge >= 0.3 is 0 Å². The Morgan fingerprint density at radius 2 is 0.880 bits per heavy atom. The lowest BCUT2D eigenvalue weighted by Crippen LogP contribution is -2.70. The highest BCUT2D eigenvalue weighted by Gasteiger charge is 2.32. The van der Waals surface area contributed by atoms with E-state index in [0.717, 1.165) is 0 Å². The van der Waals surface area contributed by atoms with E-state index >= 15 is 0 Å². The van der Waals surface area contributed by atoms with Crippen molar-refractivity contribution in [2.24, 2.45) is 0 Å². The van der Waals surface area contributed by atoms with Crippen LogP contribution in [0.25, 0.3) is 0 Å². The third-order valence-electron chi connectivity index (χ3n) is 4.97. The third-order valence-corrected chi connectivity index (χ3v) is 25.2. The van der Waals surface area contributed by atoms with Crippen molar-refractivity contribution < 1.29 is 0 Å². The van der Waals surface area contributed by atoms with Gasteiger partial charge in [-0.3, -0.25) is 0 Å². The average molecular weight is 453 g/mol. The summed E-state index contributed by atoms with van der Waals surface area (Å²) >= 11 is 0. The molecule has 152 valence electrons. The van der Waals surface area contributed by atoms with E-state index in [4.69, 9.17) is 0 Å². The summed E-state index contributed by atoms with van der Waals surface area (Å²) in [7, 11) is 1.32. The topological polar surface area (TPSA) is 39.3 Å². The van der Waals surface area contributed by atoms with E-state index in [1.54, 1.807) is 0 Å². The molecule has 0 aliphatic carbocycles. The largest absolute Gasteiger partial charge is 0.340 e. The molecule has 3 atom stereocenters. The van der Waals surface area contributed by atoms with Gasteiger partial charge in [-0.1, -0.05) is 40.0 Å². The lowest BCUT2D eigenvalue weighted by atomic mass is 10.3. The minimum absolute atomic E-state index is 0.926. The highest BCUT2D eigenvalue weighted by Crippen LogP contribution is 2.07. The van der Waals surface area contributed by atoms with Crippen LogP contribution in [0, 0.1) is 0 Å². The molecule has 10 heteroatoms. The first-order valence-corrected chi connectivity index (χ1v) is 21.1. The van der Waals surface area contributed by atoms with Crippen LogP contribution in [0.1, 0.15) is 59.3 Å². The Hall–Kier alpha value is 1.14. The summed E-state index contributed by atoms with van der Waals surface area (Å²) in [5.74, 6) is 0. The molecule has 25 heavy (non-hydrogen) atoms. The van der Waals surface area contributed by atoms with Crippen molar-refractivity contribution in [1.82, 2.24) is 18.8 Å². The molecule has 0 spiro atoms. The van der Waals surface area contributed by atoms with Crippen LogP contribution in [-0.4, -0.2) is 81.6 Å². The summed E-state index contributed by atoms with van der Waals surface area (Å²) in [6.07, 6.45) is 8.02.